The molecule has 0 aliphatic carbocycles. The molecule has 3 atom stereocenters. The molecule has 2 aliphatic rings. The number of hydrogen-bond acceptors (Lipinski definition) is 4. The molecule has 0 amide bonds. The minimum Gasteiger partial charge on any atom is -0.254 e. The van der Waals surface area contributed by atoms with Crippen molar-refractivity contribution in [3.8, 4) is 0 Å². The Morgan fingerprint density at radius 1 is 1.24 bits per heavy atom. The van der Waals surface area contributed by atoms with E-state index in [1.807, 2.05) is 26.0 Å². The molecule has 17 heavy (non-hydrogen) atoms. The molecule has 2 aliphatic heterocycles. The Labute approximate surface area is 119 Å². The van der Waals surface area contributed by atoms with Gasteiger partial charge in [-0.1, -0.05) is 63.1 Å². The van der Waals surface area contributed by atoms with Gasteiger partial charge in [0, 0.05) is 5.41 Å². The average Bonchev–Trinajstić information content (AvgIpc) is 2.63. The van der Waals surface area contributed by atoms with E-state index in [-0.39, 0.29) is 20.2 Å². The van der Waals surface area contributed by atoms with Gasteiger partial charge >= 0.3 is 0 Å². The maximum atomic E-state index is 12.4. The summed E-state index contributed by atoms with van der Waals surface area (Å²) in [4.78, 5) is 0. The molecule has 1 nitrogen and oxygen atoms in total. The lowest BCUT2D eigenvalue weighted by atomic mass is 9.69. The van der Waals surface area contributed by atoms with Crippen LogP contribution in [0, 0.1) is 10.8 Å². The second kappa shape index (κ2) is 4.22. The van der Waals surface area contributed by atoms with E-state index >= 15 is 0 Å². The van der Waals surface area contributed by atoms with Crippen LogP contribution in [0.1, 0.15) is 41.5 Å². The van der Waals surface area contributed by atoms with Crippen LogP contribution in [0.4, 0.5) is 0 Å². The van der Waals surface area contributed by atoms with Crippen LogP contribution in [0.3, 0.4) is 0 Å². The number of rotatable bonds is 0. The Morgan fingerprint density at radius 2 is 1.82 bits per heavy atom. The van der Waals surface area contributed by atoms with Gasteiger partial charge in [-0.15, -0.1) is 0 Å². The smallest absolute Gasteiger partial charge is 0.115 e. The van der Waals surface area contributed by atoms with Gasteiger partial charge in [0.2, 0.25) is 0 Å². The van der Waals surface area contributed by atoms with Crippen LogP contribution in [0.2, 0.25) is 0 Å². The molecule has 5 heteroatoms. The highest BCUT2D eigenvalue weighted by Crippen LogP contribution is 2.72. The SMILES string of the molecule is CC(C)(C)C1=CS(=O)C2SSSC12C(C)(C)C. The second-order valence-corrected chi connectivity index (χ2v) is 12.7. The van der Waals surface area contributed by atoms with Crippen molar-refractivity contribution in [2.45, 2.75) is 50.9 Å². The van der Waals surface area contributed by atoms with Gasteiger partial charge in [-0.3, -0.25) is 4.21 Å². The Bertz CT molecular complexity index is 388. The molecule has 0 saturated carbocycles. The topological polar surface area (TPSA) is 17.1 Å². The molecule has 98 valence electrons. The van der Waals surface area contributed by atoms with Crippen LogP contribution < -0.4 is 0 Å². The normalized spacial score (nSPS) is 38.1. The second-order valence-electron chi connectivity index (χ2n) is 6.68. The van der Waals surface area contributed by atoms with E-state index in [1.165, 1.54) is 5.57 Å². The number of hydrogen-bond donors (Lipinski definition) is 0. The zero-order valence-electron chi connectivity index (χ0n) is 11.2. The van der Waals surface area contributed by atoms with Crippen molar-refractivity contribution in [2.24, 2.45) is 10.8 Å². The third-order valence-electron chi connectivity index (χ3n) is 3.39. The molecule has 0 aromatic rings. The molecule has 0 aromatic carbocycles. The van der Waals surface area contributed by atoms with E-state index in [0.717, 1.165) is 0 Å². The van der Waals surface area contributed by atoms with E-state index in [4.69, 9.17) is 0 Å². The van der Waals surface area contributed by atoms with Gasteiger partial charge < -0.3 is 0 Å². The predicted molar refractivity (Wildman–Crippen MR) is 84.4 cm³/mol. The van der Waals surface area contributed by atoms with Crippen molar-refractivity contribution in [1.82, 2.24) is 0 Å². The van der Waals surface area contributed by atoms with Crippen molar-refractivity contribution in [1.29, 1.82) is 0 Å². The van der Waals surface area contributed by atoms with Crippen LogP contribution in [-0.2, 0) is 10.8 Å². The molecule has 1 saturated heterocycles. The molecule has 0 aromatic heterocycles. The fourth-order valence-electron chi connectivity index (χ4n) is 2.47. The summed E-state index contributed by atoms with van der Waals surface area (Å²) in [6.45, 7) is 13.5. The minimum absolute atomic E-state index is 0.0193. The highest BCUT2D eigenvalue weighted by molar-refractivity contribution is 9.11. The van der Waals surface area contributed by atoms with Crippen LogP contribution in [0.5, 0.6) is 0 Å². The summed E-state index contributed by atoms with van der Waals surface area (Å²) in [6.07, 6.45) is 0. The lowest BCUT2D eigenvalue weighted by Gasteiger charge is -2.45. The highest BCUT2D eigenvalue weighted by atomic mass is 33.5. The first kappa shape index (κ1) is 14.4. The zero-order valence-corrected chi connectivity index (χ0v) is 14.5. The van der Waals surface area contributed by atoms with Crippen LogP contribution >= 0.6 is 31.4 Å². The van der Waals surface area contributed by atoms with Gasteiger partial charge in [0.15, 0.2) is 0 Å². The van der Waals surface area contributed by atoms with E-state index in [0.29, 0.717) is 0 Å². The largest absolute Gasteiger partial charge is 0.254 e. The van der Waals surface area contributed by atoms with Crippen LogP contribution in [0.15, 0.2) is 11.0 Å². The first-order valence-electron chi connectivity index (χ1n) is 5.74. The Balaban J connectivity index is 2.59. The summed E-state index contributed by atoms with van der Waals surface area (Å²) >= 11 is 0. The predicted octanol–water partition coefficient (Wildman–Crippen LogP) is 4.83. The lowest BCUT2D eigenvalue weighted by Crippen LogP contribution is -2.48. The van der Waals surface area contributed by atoms with E-state index in [9.17, 15) is 4.21 Å². The van der Waals surface area contributed by atoms with Gasteiger partial charge in [0.05, 0.1) is 15.5 Å². The zero-order chi connectivity index (χ0) is 13.1. The Morgan fingerprint density at radius 3 is 2.29 bits per heavy atom. The quantitative estimate of drug-likeness (QED) is 0.596. The van der Waals surface area contributed by atoms with Gasteiger partial charge in [0.1, 0.15) is 4.58 Å². The maximum absolute atomic E-state index is 12.4. The van der Waals surface area contributed by atoms with Crippen molar-refractivity contribution in [3.63, 3.8) is 0 Å². The summed E-state index contributed by atoms with van der Waals surface area (Å²) in [5, 5.41) is 2.04. The minimum atomic E-state index is -0.831. The third-order valence-corrected chi connectivity index (χ3v) is 11.3. The molecule has 1 fully saturated rings. The van der Waals surface area contributed by atoms with Gasteiger partial charge in [0.25, 0.3) is 0 Å². The number of fused-ring (bicyclic) bond motifs is 1. The van der Waals surface area contributed by atoms with Crippen molar-refractivity contribution >= 4 is 42.2 Å². The summed E-state index contributed by atoms with van der Waals surface area (Å²) in [6, 6.07) is 0. The highest BCUT2D eigenvalue weighted by Gasteiger charge is 2.62. The van der Waals surface area contributed by atoms with Crippen molar-refractivity contribution in [2.75, 3.05) is 0 Å². The summed E-state index contributed by atoms with van der Waals surface area (Å²) < 4.78 is 12.6. The van der Waals surface area contributed by atoms with E-state index in [1.54, 1.807) is 10.8 Å². The standard InChI is InChI=1S/C12H20OS4/c1-10(2,3)8-7-17(13)9-12(8,11(4,5)6)15-16-14-9/h7,9H,1-6H3. The molecule has 2 rings (SSSR count). The van der Waals surface area contributed by atoms with Crippen LogP contribution in [0.25, 0.3) is 0 Å². The molecule has 2 heterocycles. The van der Waals surface area contributed by atoms with Crippen molar-refractivity contribution in [3.05, 3.63) is 11.0 Å². The van der Waals surface area contributed by atoms with Gasteiger partial charge in [-0.05, 0) is 26.2 Å². The molecular weight excluding hydrogens is 288 g/mol. The molecular formula is C12H20OS4. The van der Waals surface area contributed by atoms with E-state index < -0.39 is 10.8 Å². The average molecular weight is 309 g/mol. The first-order chi connectivity index (χ1) is 7.61. The fraction of sp³-hybridized carbons (Fsp3) is 0.833. The molecule has 3 unspecified atom stereocenters. The Kier molecular flexibility index (Phi) is 3.56. The monoisotopic (exact) mass is 308 g/mol. The van der Waals surface area contributed by atoms with Gasteiger partial charge in [-0.25, -0.2) is 0 Å². The molecule has 0 N–H and O–H groups in total. The fourth-order valence-corrected chi connectivity index (χ4v) is 13.5. The summed E-state index contributed by atoms with van der Waals surface area (Å²) in [5.74, 6) is 0. The first-order valence-corrected chi connectivity index (χ1v) is 10.6. The maximum Gasteiger partial charge on any atom is 0.115 e. The van der Waals surface area contributed by atoms with E-state index in [2.05, 4.69) is 41.5 Å². The van der Waals surface area contributed by atoms with Crippen molar-refractivity contribution < 1.29 is 4.21 Å². The van der Waals surface area contributed by atoms with Gasteiger partial charge in [-0.2, -0.15) is 0 Å². The summed E-state index contributed by atoms with van der Waals surface area (Å²) in [5.41, 5.74) is 1.60. The molecule has 0 spiro atoms. The molecule has 0 radical (unpaired) electrons. The third kappa shape index (κ3) is 2.05. The molecule has 0 bridgehead atoms. The van der Waals surface area contributed by atoms with Crippen LogP contribution in [-0.4, -0.2) is 13.5 Å². The summed E-state index contributed by atoms with van der Waals surface area (Å²) in [7, 11) is 4.70. The lowest BCUT2D eigenvalue weighted by molar-refractivity contribution is 0.296. The Hall–Kier alpha value is 0.940.